The first-order valence-corrected chi connectivity index (χ1v) is 16.2. The van der Waals surface area contributed by atoms with Crippen LogP contribution in [0.15, 0.2) is 48.7 Å². The van der Waals surface area contributed by atoms with Crippen LogP contribution in [0.5, 0.6) is 0 Å². The molecule has 1 aliphatic heterocycles. The molecule has 0 saturated carbocycles. The second-order valence-electron chi connectivity index (χ2n) is 10.9. The second-order valence-corrected chi connectivity index (χ2v) is 11.5. The number of carbonyl (C=O) groups excluding carboxylic acids is 3. The molecule has 5 rings (SSSR count). The van der Waals surface area contributed by atoms with E-state index in [2.05, 4.69) is 21.1 Å². The molecule has 1 atom stereocenters. The normalized spacial score (nSPS) is 13.6. The fourth-order valence-electron chi connectivity index (χ4n) is 5.35. The predicted octanol–water partition coefficient (Wildman–Crippen LogP) is 4.15. The van der Waals surface area contributed by atoms with Crippen LogP contribution >= 0.6 is 23.2 Å². The molecule has 4 aromatic rings. The lowest BCUT2D eigenvalue weighted by atomic mass is 10.1. The van der Waals surface area contributed by atoms with Crippen LogP contribution in [0.25, 0.3) is 5.65 Å². The lowest BCUT2D eigenvalue weighted by Gasteiger charge is -2.38. The van der Waals surface area contributed by atoms with Crippen LogP contribution in [0.1, 0.15) is 30.7 Å². The highest BCUT2D eigenvalue weighted by atomic mass is 35.5. The Balaban J connectivity index is 1.61. The minimum atomic E-state index is -1.07. The van der Waals surface area contributed by atoms with Gasteiger partial charge in [-0.2, -0.15) is 20.0 Å². The number of nitriles is 2. The number of benzene rings is 2. The summed E-state index contributed by atoms with van der Waals surface area (Å²) in [4.78, 5) is 53.6. The zero-order chi connectivity index (χ0) is 35.9. The van der Waals surface area contributed by atoms with Gasteiger partial charge in [0, 0.05) is 32.7 Å². The van der Waals surface area contributed by atoms with Crippen LogP contribution in [0, 0.1) is 22.7 Å². The Labute approximate surface area is 296 Å². The van der Waals surface area contributed by atoms with Gasteiger partial charge in [-0.05, 0) is 31.5 Å². The number of anilines is 4. The van der Waals surface area contributed by atoms with Crippen LogP contribution in [0.4, 0.5) is 32.7 Å². The molecular formula is C32H31Cl2N11O5. The van der Waals surface area contributed by atoms with Gasteiger partial charge in [0.25, 0.3) is 5.95 Å². The Hall–Kier alpha value is -5.68. The highest BCUT2D eigenvalue weighted by Gasteiger charge is 2.33. The number of halogens is 2. The number of hydrogen-bond donors (Lipinski definition) is 1. The number of nitrogens with zero attached hydrogens (tertiary/aromatic N) is 10. The summed E-state index contributed by atoms with van der Waals surface area (Å²) in [5.74, 6) is -0.916. The predicted molar refractivity (Wildman–Crippen MR) is 183 cm³/mol. The van der Waals surface area contributed by atoms with E-state index < -0.39 is 30.2 Å². The van der Waals surface area contributed by atoms with Crippen molar-refractivity contribution < 1.29 is 23.9 Å². The van der Waals surface area contributed by atoms with Crippen molar-refractivity contribution in [3.8, 4) is 12.1 Å². The molecule has 2 aromatic heterocycles. The summed E-state index contributed by atoms with van der Waals surface area (Å²) in [6, 6.07) is 15.0. The fourth-order valence-corrected chi connectivity index (χ4v) is 5.76. The number of fused-ring (bicyclic) bond motifs is 1. The molecule has 16 nitrogen and oxygen atoms in total. The summed E-state index contributed by atoms with van der Waals surface area (Å²) in [6.07, 6.45) is -0.611. The van der Waals surface area contributed by atoms with Gasteiger partial charge in [-0.3, -0.25) is 14.6 Å². The molecule has 50 heavy (non-hydrogen) atoms. The zero-order valence-electron chi connectivity index (χ0n) is 27.0. The molecule has 0 bridgehead atoms. The number of rotatable bonds is 10. The van der Waals surface area contributed by atoms with E-state index in [0.29, 0.717) is 31.9 Å². The van der Waals surface area contributed by atoms with Gasteiger partial charge in [0.2, 0.25) is 5.91 Å². The number of piperazine rings is 1. The average Bonchev–Trinajstić information content (AvgIpc) is 3.55. The first-order chi connectivity index (χ1) is 24.1. The molecule has 1 saturated heterocycles. The number of carbonyl (C=O) groups is 3. The monoisotopic (exact) mass is 719 g/mol. The number of amides is 3. The molecular weight excluding hydrogens is 689 g/mol. The quantitative estimate of drug-likeness (QED) is 0.230. The van der Waals surface area contributed by atoms with E-state index in [0.717, 1.165) is 15.0 Å². The molecule has 0 aliphatic carbocycles. The highest BCUT2D eigenvalue weighted by Crippen LogP contribution is 2.40. The van der Waals surface area contributed by atoms with E-state index in [1.54, 1.807) is 32.0 Å². The SMILES string of the molecule is CCN(C(=O)OCc1ccccc1)c1nc(N(C(=O)OCCl)c2cc(C#N)cc(N3CCN([C@@H](C)C(N)=O)CC3)c2Cl)nn2c(C#N)cnc12. The van der Waals surface area contributed by atoms with Crippen molar-refractivity contribution in [3.63, 3.8) is 0 Å². The van der Waals surface area contributed by atoms with Crippen molar-refractivity contribution in [2.75, 3.05) is 53.5 Å². The lowest BCUT2D eigenvalue weighted by Crippen LogP contribution is -2.53. The van der Waals surface area contributed by atoms with E-state index in [1.165, 1.54) is 17.2 Å². The molecule has 1 aliphatic rings. The second kappa shape index (κ2) is 15.7. The summed E-state index contributed by atoms with van der Waals surface area (Å²) < 4.78 is 11.9. The van der Waals surface area contributed by atoms with E-state index in [4.69, 9.17) is 38.4 Å². The molecule has 258 valence electrons. The van der Waals surface area contributed by atoms with Gasteiger partial charge in [-0.25, -0.2) is 19.5 Å². The Morgan fingerprint density at radius 1 is 1.06 bits per heavy atom. The lowest BCUT2D eigenvalue weighted by molar-refractivity contribution is -0.122. The van der Waals surface area contributed by atoms with Gasteiger partial charge in [0.05, 0.1) is 40.3 Å². The number of nitrogens with two attached hydrogens (primary N) is 1. The number of hydrogen-bond acceptors (Lipinski definition) is 12. The molecule has 3 amide bonds. The number of primary amides is 1. The van der Waals surface area contributed by atoms with E-state index >= 15 is 0 Å². The summed E-state index contributed by atoms with van der Waals surface area (Å²) in [5, 5.41) is 24.3. The maximum absolute atomic E-state index is 13.7. The Kier molecular flexibility index (Phi) is 11.2. The number of imidazole rings is 1. The molecule has 3 heterocycles. The summed E-state index contributed by atoms with van der Waals surface area (Å²) in [6.45, 7) is 5.20. The van der Waals surface area contributed by atoms with Crippen molar-refractivity contribution in [1.82, 2.24) is 24.5 Å². The van der Waals surface area contributed by atoms with E-state index in [9.17, 15) is 24.9 Å². The molecule has 2 N–H and O–H groups in total. The summed E-state index contributed by atoms with van der Waals surface area (Å²) in [7, 11) is 0. The first kappa shape index (κ1) is 35.6. The van der Waals surface area contributed by atoms with Crippen molar-refractivity contribution in [2.45, 2.75) is 26.5 Å². The maximum Gasteiger partial charge on any atom is 0.422 e. The third-order valence-corrected chi connectivity index (χ3v) is 8.52. The van der Waals surface area contributed by atoms with Gasteiger partial charge in [-0.1, -0.05) is 53.5 Å². The average molecular weight is 721 g/mol. The van der Waals surface area contributed by atoms with Gasteiger partial charge in [-0.15, -0.1) is 5.10 Å². The smallest absolute Gasteiger partial charge is 0.422 e. The van der Waals surface area contributed by atoms with Crippen LogP contribution in [-0.2, 0) is 20.9 Å². The van der Waals surface area contributed by atoms with Crippen LogP contribution in [-0.4, -0.2) is 87.4 Å². The number of alkyl halides is 1. The van der Waals surface area contributed by atoms with Crippen molar-refractivity contribution >= 4 is 70.1 Å². The minimum absolute atomic E-state index is 0.0232. The molecule has 0 radical (unpaired) electrons. The Morgan fingerprint density at radius 3 is 2.40 bits per heavy atom. The summed E-state index contributed by atoms with van der Waals surface area (Å²) in [5.41, 5.74) is 6.75. The molecule has 2 aromatic carbocycles. The standard InChI is InChI=1S/C32H31Cl2N11O5/c1-3-43(31(47)49-18-21-7-5-4-6-8-21)29-28-38-17-23(16-36)45(28)40-30(39-29)44(32(48)50-19-33)25-14-22(15-35)13-24(26(25)34)42-11-9-41(10-12-42)20(2)27(37)46/h4-8,13-14,17,20H,3,9-12,18-19H2,1-2H3,(H2,37,46)/t20-/m0/s1. The number of aromatic nitrogens is 4. The minimum Gasteiger partial charge on any atom is -0.444 e. The Bertz CT molecular complexity index is 1990. The van der Waals surface area contributed by atoms with Crippen LogP contribution in [0.3, 0.4) is 0 Å². The van der Waals surface area contributed by atoms with Crippen LogP contribution < -0.4 is 20.4 Å². The van der Waals surface area contributed by atoms with E-state index in [1.807, 2.05) is 34.1 Å². The Morgan fingerprint density at radius 2 is 1.78 bits per heavy atom. The zero-order valence-corrected chi connectivity index (χ0v) is 28.5. The summed E-state index contributed by atoms with van der Waals surface area (Å²) >= 11 is 12.8. The van der Waals surface area contributed by atoms with Crippen molar-refractivity contribution in [1.29, 1.82) is 10.5 Å². The van der Waals surface area contributed by atoms with Crippen LogP contribution in [0.2, 0.25) is 5.02 Å². The van der Waals surface area contributed by atoms with Gasteiger partial charge >= 0.3 is 12.2 Å². The number of ether oxygens (including phenoxy) is 2. The molecule has 18 heteroatoms. The van der Waals surface area contributed by atoms with Crippen molar-refractivity contribution in [2.24, 2.45) is 5.73 Å². The topological polar surface area (TPSA) is 199 Å². The first-order valence-electron chi connectivity index (χ1n) is 15.3. The van der Waals surface area contributed by atoms with Gasteiger partial charge in [0.1, 0.15) is 12.7 Å². The van der Waals surface area contributed by atoms with E-state index in [-0.39, 0.29) is 52.5 Å². The largest absolute Gasteiger partial charge is 0.444 e. The third kappa shape index (κ3) is 7.32. The molecule has 0 spiro atoms. The van der Waals surface area contributed by atoms with Gasteiger partial charge in [0.15, 0.2) is 23.2 Å². The highest BCUT2D eigenvalue weighted by molar-refractivity contribution is 6.36. The maximum atomic E-state index is 13.7. The molecule has 0 unspecified atom stereocenters. The van der Waals surface area contributed by atoms with Crippen molar-refractivity contribution in [3.05, 3.63) is 70.5 Å². The van der Waals surface area contributed by atoms with Gasteiger partial charge < -0.3 is 20.1 Å². The fraction of sp³-hybridized carbons (Fsp3) is 0.312. The third-order valence-electron chi connectivity index (χ3n) is 8.02. The molecule has 1 fully saturated rings.